The molecule has 1 N–H and O–H groups in total. The topological polar surface area (TPSA) is 20.2 Å². The number of rotatable bonds is 2. The van der Waals surface area contributed by atoms with Crippen LogP contribution in [0.15, 0.2) is 0 Å². The van der Waals surface area contributed by atoms with Crippen molar-refractivity contribution in [1.29, 1.82) is 0 Å². The highest BCUT2D eigenvalue weighted by Crippen LogP contribution is 2.67. The van der Waals surface area contributed by atoms with Crippen LogP contribution in [0.2, 0.25) is 0 Å². The zero-order valence-electron chi connectivity index (χ0n) is 8.88. The van der Waals surface area contributed by atoms with Crippen molar-refractivity contribution in [2.45, 2.75) is 44.4 Å². The first-order valence-corrected chi connectivity index (χ1v) is 6.06. The molecule has 4 saturated carbocycles. The van der Waals surface area contributed by atoms with E-state index in [9.17, 15) is 8.78 Å². The molecule has 0 radical (unpaired) electrons. The molecular weight excluding hydrogens is 198 g/mol. The fourth-order valence-corrected chi connectivity index (χ4v) is 4.67. The van der Waals surface area contributed by atoms with Crippen LogP contribution >= 0.6 is 0 Å². The van der Waals surface area contributed by atoms with Gasteiger partial charge in [0.25, 0.3) is 5.92 Å². The van der Waals surface area contributed by atoms with E-state index in [1.165, 1.54) is 6.42 Å². The third-order valence-corrected chi connectivity index (χ3v) is 5.07. The number of aliphatic hydroxyl groups is 1. The molecule has 15 heavy (non-hydrogen) atoms. The molecule has 86 valence electrons. The fourth-order valence-electron chi connectivity index (χ4n) is 4.67. The van der Waals surface area contributed by atoms with Gasteiger partial charge in [-0.15, -0.1) is 0 Å². The Morgan fingerprint density at radius 3 is 2.20 bits per heavy atom. The van der Waals surface area contributed by atoms with Crippen LogP contribution < -0.4 is 0 Å². The second kappa shape index (κ2) is 2.93. The van der Waals surface area contributed by atoms with Crippen LogP contribution in [0, 0.1) is 23.2 Å². The van der Waals surface area contributed by atoms with E-state index in [2.05, 4.69) is 0 Å². The lowest BCUT2D eigenvalue weighted by molar-refractivity contribution is -0.260. The zero-order valence-corrected chi connectivity index (χ0v) is 8.88. The van der Waals surface area contributed by atoms with Gasteiger partial charge in [-0.3, -0.25) is 0 Å². The van der Waals surface area contributed by atoms with Gasteiger partial charge in [-0.2, -0.15) is 0 Å². The Hall–Kier alpha value is -0.180. The van der Waals surface area contributed by atoms with Crippen LogP contribution in [0.25, 0.3) is 0 Å². The van der Waals surface area contributed by atoms with Gasteiger partial charge >= 0.3 is 0 Å². The summed E-state index contributed by atoms with van der Waals surface area (Å²) in [6, 6.07) is 0. The van der Waals surface area contributed by atoms with Crippen molar-refractivity contribution in [3.63, 3.8) is 0 Å². The Balaban J connectivity index is 1.97. The Morgan fingerprint density at radius 2 is 1.67 bits per heavy atom. The van der Waals surface area contributed by atoms with Crippen molar-refractivity contribution in [1.82, 2.24) is 0 Å². The van der Waals surface area contributed by atoms with Gasteiger partial charge in [0, 0.05) is 17.9 Å². The molecule has 4 atom stereocenters. The van der Waals surface area contributed by atoms with Gasteiger partial charge in [-0.25, -0.2) is 8.78 Å². The molecule has 0 aromatic carbocycles. The lowest BCUT2D eigenvalue weighted by Crippen LogP contribution is -2.60. The average Bonchev–Trinajstić information content (AvgIpc) is 2.14. The van der Waals surface area contributed by atoms with Gasteiger partial charge < -0.3 is 5.11 Å². The number of alkyl halides is 2. The molecule has 0 saturated heterocycles. The molecular formula is C12H18F2O. The van der Waals surface area contributed by atoms with Crippen molar-refractivity contribution >= 4 is 0 Å². The monoisotopic (exact) mass is 216 g/mol. The smallest absolute Gasteiger partial charge is 0.256 e. The molecule has 0 aromatic heterocycles. The van der Waals surface area contributed by atoms with Gasteiger partial charge in [0.2, 0.25) is 0 Å². The average molecular weight is 216 g/mol. The minimum atomic E-state index is -2.51. The summed E-state index contributed by atoms with van der Waals surface area (Å²) in [6.07, 6.45) is 4.26. The van der Waals surface area contributed by atoms with Gasteiger partial charge in [0.1, 0.15) is 0 Å². The van der Waals surface area contributed by atoms with Gasteiger partial charge in [0.15, 0.2) is 0 Å². The summed E-state index contributed by atoms with van der Waals surface area (Å²) < 4.78 is 28.5. The van der Waals surface area contributed by atoms with Crippen LogP contribution in [-0.4, -0.2) is 17.6 Å². The maximum absolute atomic E-state index is 14.2. The van der Waals surface area contributed by atoms with Crippen molar-refractivity contribution < 1.29 is 13.9 Å². The molecule has 4 aliphatic carbocycles. The molecule has 1 nitrogen and oxygen atoms in total. The van der Waals surface area contributed by atoms with E-state index in [1.807, 2.05) is 0 Å². The van der Waals surface area contributed by atoms with Crippen molar-refractivity contribution in [3.8, 4) is 0 Å². The molecule has 3 heteroatoms. The van der Waals surface area contributed by atoms with E-state index < -0.39 is 11.3 Å². The maximum atomic E-state index is 14.2. The normalized spacial score (nSPS) is 51.0. The van der Waals surface area contributed by atoms with E-state index in [1.54, 1.807) is 0 Å². The highest BCUT2D eigenvalue weighted by molar-refractivity contribution is 5.10. The van der Waals surface area contributed by atoms with Crippen molar-refractivity contribution in [3.05, 3.63) is 0 Å². The summed E-state index contributed by atoms with van der Waals surface area (Å²) in [6.45, 7) is -0.0816. The third kappa shape index (κ3) is 1.16. The van der Waals surface area contributed by atoms with Crippen molar-refractivity contribution in [2.24, 2.45) is 23.2 Å². The number of aliphatic hydroxyl groups excluding tert-OH is 1. The van der Waals surface area contributed by atoms with E-state index in [-0.39, 0.29) is 12.5 Å². The largest absolute Gasteiger partial charge is 0.396 e. The Bertz CT molecular complexity index is 263. The SMILES string of the molecule is OCCC12C[C@@H]3CC(C[C@@H](C3)C1)C2(F)F. The summed E-state index contributed by atoms with van der Waals surface area (Å²) in [5.74, 6) is -1.85. The van der Waals surface area contributed by atoms with E-state index in [0.29, 0.717) is 31.1 Å². The molecule has 0 spiro atoms. The first-order valence-electron chi connectivity index (χ1n) is 6.06. The summed E-state index contributed by atoms with van der Waals surface area (Å²) in [4.78, 5) is 0. The number of hydrogen-bond donors (Lipinski definition) is 1. The van der Waals surface area contributed by atoms with E-state index in [4.69, 9.17) is 5.11 Å². The van der Waals surface area contributed by atoms with Crippen molar-refractivity contribution in [2.75, 3.05) is 6.61 Å². The van der Waals surface area contributed by atoms with E-state index in [0.717, 1.165) is 12.8 Å². The Labute approximate surface area is 88.9 Å². The predicted molar refractivity (Wildman–Crippen MR) is 52.6 cm³/mol. The molecule has 4 bridgehead atoms. The van der Waals surface area contributed by atoms with Crippen LogP contribution in [0.3, 0.4) is 0 Å². The van der Waals surface area contributed by atoms with Gasteiger partial charge in [0.05, 0.1) is 0 Å². The molecule has 0 aromatic rings. The summed E-state index contributed by atoms with van der Waals surface area (Å²) >= 11 is 0. The second-order valence-electron chi connectivity index (χ2n) is 5.92. The minimum absolute atomic E-state index is 0.0816. The Kier molecular flexibility index (Phi) is 1.96. The maximum Gasteiger partial charge on any atom is 0.256 e. The van der Waals surface area contributed by atoms with Gasteiger partial charge in [-0.1, -0.05) is 0 Å². The van der Waals surface area contributed by atoms with Crippen LogP contribution in [-0.2, 0) is 0 Å². The molecule has 4 fully saturated rings. The molecule has 0 aliphatic heterocycles. The Morgan fingerprint density at radius 1 is 1.07 bits per heavy atom. The molecule has 0 heterocycles. The lowest BCUT2D eigenvalue weighted by Gasteiger charge is -2.60. The number of hydrogen-bond acceptors (Lipinski definition) is 1. The molecule has 2 unspecified atom stereocenters. The first-order chi connectivity index (χ1) is 7.07. The molecule has 4 rings (SSSR count). The molecule has 0 amide bonds. The minimum Gasteiger partial charge on any atom is -0.396 e. The predicted octanol–water partition coefficient (Wildman–Crippen LogP) is 2.83. The highest BCUT2D eigenvalue weighted by atomic mass is 19.3. The lowest BCUT2D eigenvalue weighted by atomic mass is 9.47. The van der Waals surface area contributed by atoms with Crippen LogP contribution in [0.4, 0.5) is 8.78 Å². The second-order valence-corrected chi connectivity index (χ2v) is 5.92. The molecule has 4 aliphatic rings. The quantitative estimate of drug-likeness (QED) is 0.752. The number of halogens is 2. The summed E-state index contributed by atoms with van der Waals surface area (Å²) in [5.41, 5.74) is -0.837. The third-order valence-electron chi connectivity index (χ3n) is 5.07. The van der Waals surface area contributed by atoms with Crippen LogP contribution in [0.5, 0.6) is 0 Å². The first kappa shape index (κ1) is 10.0. The van der Waals surface area contributed by atoms with E-state index >= 15 is 0 Å². The van der Waals surface area contributed by atoms with Gasteiger partial charge in [-0.05, 0) is 50.4 Å². The summed E-state index contributed by atoms with van der Waals surface area (Å²) in [7, 11) is 0. The fraction of sp³-hybridized carbons (Fsp3) is 1.00. The highest BCUT2D eigenvalue weighted by Gasteiger charge is 2.66. The zero-order chi connectivity index (χ0) is 10.7. The standard InChI is InChI=1S/C12H18F2O/c13-12(14)10-4-8-3-9(5-10)7-11(12,6-8)1-2-15/h8-10,15H,1-7H2/t8-,9+,10?,11?. The summed E-state index contributed by atoms with van der Waals surface area (Å²) in [5, 5.41) is 9.03. The van der Waals surface area contributed by atoms with Crippen LogP contribution in [0.1, 0.15) is 38.5 Å².